The summed E-state index contributed by atoms with van der Waals surface area (Å²) in [5, 5.41) is 18.1. The van der Waals surface area contributed by atoms with Gasteiger partial charge >= 0.3 is 0 Å². The zero-order chi connectivity index (χ0) is 22.2. The van der Waals surface area contributed by atoms with E-state index in [4.69, 9.17) is 10.2 Å². The first-order valence-corrected chi connectivity index (χ1v) is 11.7. The van der Waals surface area contributed by atoms with Crippen molar-refractivity contribution in [2.75, 3.05) is 13.2 Å². The molecule has 2 aliphatic rings. The Kier molecular flexibility index (Phi) is 10.4. The molecular weight excluding hydrogens is 356 g/mol. The van der Waals surface area contributed by atoms with Crippen molar-refractivity contribution in [2.24, 2.45) is 28.6 Å². The molecule has 2 heteroatoms. The highest BCUT2D eigenvalue weighted by Gasteiger charge is 2.35. The van der Waals surface area contributed by atoms with E-state index < -0.39 is 0 Å². The largest absolute Gasteiger partial charge is 0.396 e. The lowest BCUT2D eigenvalue weighted by molar-refractivity contribution is 0.202. The van der Waals surface area contributed by atoms with Crippen molar-refractivity contribution >= 4 is 0 Å². The summed E-state index contributed by atoms with van der Waals surface area (Å²) in [7, 11) is 0. The molecule has 0 amide bonds. The van der Waals surface area contributed by atoms with Gasteiger partial charge in [0.05, 0.1) is 6.61 Å². The highest BCUT2D eigenvalue weighted by Crippen LogP contribution is 2.46. The quantitative estimate of drug-likeness (QED) is 0.424. The Labute approximate surface area is 181 Å². The average molecular weight is 405 g/mol. The van der Waals surface area contributed by atoms with Crippen molar-refractivity contribution in [3.63, 3.8) is 0 Å². The maximum atomic E-state index is 9.10. The molecule has 168 valence electrons. The van der Waals surface area contributed by atoms with Crippen LogP contribution in [-0.2, 0) is 0 Å². The molecule has 2 nitrogen and oxygen atoms in total. The number of aliphatic hydroxyl groups is 2. The van der Waals surface area contributed by atoms with Gasteiger partial charge in [0, 0.05) is 6.61 Å². The normalized spacial score (nSPS) is 26.5. The Balaban J connectivity index is 0.000000291. The minimum Gasteiger partial charge on any atom is -0.396 e. The molecule has 0 aromatic carbocycles. The van der Waals surface area contributed by atoms with E-state index in [0.717, 1.165) is 25.2 Å². The highest BCUT2D eigenvalue weighted by molar-refractivity contribution is 5.20. The fourth-order valence-electron chi connectivity index (χ4n) is 4.47. The van der Waals surface area contributed by atoms with E-state index in [1.54, 1.807) is 5.57 Å². The van der Waals surface area contributed by atoms with Crippen LogP contribution in [0, 0.1) is 28.6 Å². The molecule has 3 atom stereocenters. The smallest absolute Gasteiger partial charge is 0.0641 e. The number of hydrogen-bond donors (Lipinski definition) is 2. The van der Waals surface area contributed by atoms with Gasteiger partial charge in [-0.05, 0) is 86.5 Å². The van der Waals surface area contributed by atoms with Gasteiger partial charge in [0.15, 0.2) is 0 Å². The summed E-state index contributed by atoms with van der Waals surface area (Å²) in [6, 6.07) is 0. The van der Waals surface area contributed by atoms with Gasteiger partial charge in [0.1, 0.15) is 0 Å². The van der Waals surface area contributed by atoms with E-state index in [-0.39, 0.29) is 6.61 Å². The number of rotatable bonds is 8. The SMILES string of the molecule is CC1=CCC(CCC(C)CO)C1(C)C.CCC(=CCC1CC=C(C)C1(C)C)CO. The summed E-state index contributed by atoms with van der Waals surface area (Å²) in [6.07, 6.45) is 13.9. The first-order chi connectivity index (χ1) is 13.5. The molecule has 0 heterocycles. The highest BCUT2D eigenvalue weighted by atomic mass is 16.3. The molecule has 2 rings (SSSR count). The van der Waals surface area contributed by atoms with E-state index in [0.29, 0.717) is 29.3 Å². The molecule has 0 spiro atoms. The van der Waals surface area contributed by atoms with Crippen LogP contribution in [0.2, 0.25) is 0 Å². The molecule has 0 fully saturated rings. The number of hydrogen-bond acceptors (Lipinski definition) is 2. The van der Waals surface area contributed by atoms with Crippen molar-refractivity contribution in [1.82, 2.24) is 0 Å². The predicted molar refractivity (Wildman–Crippen MR) is 127 cm³/mol. The van der Waals surface area contributed by atoms with Gasteiger partial charge in [0.25, 0.3) is 0 Å². The molecule has 2 N–H and O–H groups in total. The summed E-state index contributed by atoms with van der Waals surface area (Å²) < 4.78 is 0. The van der Waals surface area contributed by atoms with E-state index in [1.807, 2.05) is 0 Å². The first-order valence-electron chi connectivity index (χ1n) is 11.7. The Bertz CT molecular complexity index is 586. The summed E-state index contributed by atoms with van der Waals surface area (Å²) >= 11 is 0. The summed E-state index contributed by atoms with van der Waals surface area (Å²) in [5.41, 5.74) is 4.96. The Morgan fingerprint density at radius 3 is 1.93 bits per heavy atom. The van der Waals surface area contributed by atoms with Gasteiger partial charge in [0.2, 0.25) is 0 Å². The van der Waals surface area contributed by atoms with Gasteiger partial charge in [-0.15, -0.1) is 0 Å². The van der Waals surface area contributed by atoms with Crippen molar-refractivity contribution < 1.29 is 10.2 Å². The maximum absolute atomic E-state index is 9.10. The fraction of sp³-hybridized carbons (Fsp3) is 0.778. The van der Waals surface area contributed by atoms with E-state index in [9.17, 15) is 0 Å². The second-order valence-corrected chi connectivity index (χ2v) is 10.6. The minimum atomic E-state index is 0.218. The summed E-state index contributed by atoms with van der Waals surface area (Å²) in [4.78, 5) is 0. The van der Waals surface area contributed by atoms with Gasteiger partial charge in [-0.3, -0.25) is 0 Å². The zero-order valence-electron chi connectivity index (χ0n) is 20.5. The topological polar surface area (TPSA) is 40.5 Å². The van der Waals surface area contributed by atoms with Crippen LogP contribution in [0.15, 0.2) is 34.9 Å². The predicted octanol–water partition coefficient (Wildman–Crippen LogP) is 7.09. The second kappa shape index (κ2) is 11.5. The molecule has 29 heavy (non-hydrogen) atoms. The molecular formula is C27H48O2. The zero-order valence-corrected chi connectivity index (χ0v) is 20.5. The fourth-order valence-corrected chi connectivity index (χ4v) is 4.47. The molecule has 0 aliphatic heterocycles. The Morgan fingerprint density at radius 1 is 1.03 bits per heavy atom. The van der Waals surface area contributed by atoms with Gasteiger partial charge in [-0.25, -0.2) is 0 Å². The molecule has 0 saturated heterocycles. The lowest BCUT2D eigenvalue weighted by atomic mass is 9.75. The van der Waals surface area contributed by atoms with Crippen LogP contribution in [0.3, 0.4) is 0 Å². The van der Waals surface area contributed by atoms with Crippen LogP contribution < -0.4 is 0 Å². The van der Waals surface area contributed by atoms with Crippen molar-refractivity contribution in [3.05, 3.63) is 34.9 Å². The van der Waals surface area contributed by atoms with Gasteiger partial charge in [-0.1, -0.05) is 70.9 Å². The third kappa shape index (κ3) is 7.10. The monoisotopic (exact) mass is 404 g/mol. The lowest BCUT2D eigenvalue weighted by Crippen LogP contribution is -2.21. The molecule has 0 radical (unpaired) electrons. The minimum absolute atomic E-state index is 0.218. The number of allylic oxidation sites excluding steroid dienone is 5. The van der Waals surface area contributed by atoms with Crippen molar-refractivity contribution in [2.45, 2.75) is 93.9 Å². The molecule has 0 aromatic heterocycles. The Morgan fingerprint density at radius 2 is 1.55 bits per heavy atom. The van der Waals surface area contributed by atoms with Crippen LogP contribution in [0.4, 0.5) is 0 Å². The maximum Gasteiger partial charge on any atom is 0.0641 e. The van der Waals surface area contributed by atoms with Crippen LogP contribution in [0.1, 0.15) is 93.9 Å². The first kappa shape index (κ1) is 26.2. The lowest BCUT2D eigenvalue weighted by Gasteiger charge is -2.30. The number of aliphatic hydroxyl groups excluding tert-OH is 2. The third-order valence-electron chi connectivity index (χ3n) is 8.16. The molecule has 2 aliphatic carbocycles. The summed E-state index contributed by atoms with van der Waals surface area (Å²) in [6.45, 7) is 18.6. The molecule has 0 bridgehead atoms. The summed E-state index contributed by atoms with van der Waals surface area (Å²) in [5.74, 6) is 1.97. The van der Waals surface area contributed by atoms with Gasteiger partial charge in [-0.2, -0.15) is 0 Å². The van der Waals surface area contributed by atoms with E-state index in [2.05, 4.69) is 73.6 Å². The van der Waals surface area contributed by atoms with Crippen LogP contribution in [0.5, 0.6) is 0 Å². The van der Waals surface area contributed by atoms with E-state index >= 15 is 0 Å². The van der Waals surface area contributed by atoms with Crippen molar-refractivity contribution in [1.29, 1.82) is 0 Å². The van der Waals surface area contributed by atoms with Gasteiger partial charge < -0.3 is 10.2 Å². The Hall–Kier alpha value is -0.860. The van der Waals surface area contributed by atoms with Crippen LogP contribution >= 0.6 is 0 Å². The molecule has 0 saturated carbocycles. The van der Waals surface area contributed by atoms with Crippen LogP contribution in [0.25, 0.3) is 0 Å². The van der Waals surface area contributed by atoms with Crippen LogP contribution in [-0.4, -0.2) is 23.4 Å². The van der Waals surface area contributed by atoms with E-state index in [1.165, 1.54) is 30.4 Å². The standard InChI is InChI=1S/C14H24O.C13H24O/c1-5-12(10-15)7-9-13-8-6-11(2)14(13,3)4;1-10(9-14)5-7-12-8-6-11(2)13(12,3)4/h6-7,13,15H,5,8-10H2,1-4H3;6,10,12,14H,5,7-9H2,1-4H3. The third-order valence-corrected chi connectivity index (χ3v) is 8.16. The van der Waals surface area contributed by atoms with Crippen molar-refractivity contribution in [3.8, 4) is 0 Å². The second-order valence-electron chi connectivity index (χ2n) is 10.6. The molecule has 0 aromatic rings. The molecule has 3 unspecified atom stereocenters. The average Bonchev–Trinajstić information content (AvgIpc) is 3.09.